The highest BCUT2D eigenvalue weighted by Crippen LogP contribution is 2.44. The van der Waals surface area contributed by atoms with E-state index < -0.39 is 12.3 Å². The first kappa shape index (κ1) is 29.3. The first-order valence-corrected chi connectivity index (χ1v) is 14.1. The van der Waals surface area contributed by atoms with Crippen LogP contribution in [0.15, 0.2) is 36.4 Å². The number of hydrogen-bond acceptors (Lipinski definition) is 6. The Hall–Kier alpha value is -3.28. The Labute approximate surface area is 226 Å². The molecule has 0 saturated heterocycles. The smallest absolute Gasteiger partial charge is 0.434 e. The van der Waals surface area contributed by atoms with Gasteiger partial charge in [0.15, 0.2) is 5.75 Å². The Balaban J connectivity index is 1.86. The summed E-state index contributed by atoms with van der Waals surface area (Å²) in [5, 5.41) is 2.71. The average molecular weight is 523 g/mol. The van der Waals surface area contributed by atoms with Crippen molar-refractivity contribution in [3.63, 3.8) is 0 Å². The number of hydrogen-bond donors (Lipinski definition) is 0. The Morgan fingerprint density at radius 3 is 1.68 bits per heavy atom. The highest BCUT2D eigenvalue weighted by molar-refractivity contribution is 6.13. The van der Waals surface area contributed by atoms with Gasteiger partial charge in [0, 0.05) is 21.5 Å². The number of carbonyl (C=O) groups excluding carboxylic acids is 2. The van der Waals surface area contributed by atoms with Crippen molar-refractivity contribution in [2.24, 2.45) is 0 Å². The summed E-state index contributed by atoms with van der Waals surface area (Å²) in [6, 6.07) is 11.4. The molecule has 0 aliphatic carbocycles. The van der Waals surface area contributed by atoms with Gasteiger partial charge in [-0.15, -0.1) is 0 Å². The number of ether oxygens (including phenoxy) is 4. The topological polar surface area (TPSA) is 71.1 Å². The molecule has 0 fully saturated rings. The third-order valence-electron chi connectivity index (χ3n) is 6.67. The molecule has 0 aliphatic heterocycles. The average Bonchev–Trinajstić information content (AvgIpc) is 2.89. The molecule has 6 nitrogen and oxygen atoms in total. The zero-order valence-electron chi connectivity index (χ0n) is 23.4. The summed E-state index contributed by atoms with van der Waals surface area (Å²) in [6.07, 6.45) is 9.14. The van der Waals surface area contributed by atoms with Gasteiger partial charge in [0.1, 0.15) is 5.75 Å². The molecule has 6 heteroatoms. The van der Waals surface area contributed by atoms with E-state index in [4.69, 9.17) is 18.9 Å². The van der Waals surface area contributed by atoms with E-state index in [9.17, 15) is 9.59 Å². The third kappa shape index (κ3) is 8.11. The molecule has 38 heavy (non-hydrogen) atoms. The summed E-state index contributed by atoms with van der Waals surface area (Å²) in [5.74, 6) is 0.802. The quantitative estimate of drug-likeness (QED) is 0.0908. The Kier molecular flexibility index (Phi) is 11.7. The maximum Gasteiger partial charge on any atom is 0.513 e. The standard InChI is InChI=1S/C32H42O6/c1-5-7-9-11-15-19-35-31(33)37-29-25-17-13-14-18-26(25)30(28-24(4)21-23(3)22-27(28)29)38-32(34)36-20-16-12-10-8-6-2/h13-14,17-18,21-22H,5-12,15-16,19-20H2,1-4H3. The second-order valence-corrected chi connectivity index (χ2v) is 9.94. The van der Waals surface area contributed by atoms with E-state index in [0.717, 1.165) is 49.7 Å². The van der Waals surface area contributed by atoms with Crippen molar-refractivity contribution in [1.82, 2.24) is 0 Å². The van der Waals surface area contributed by atoms with Crippen LogP contribution in [0.2, 0.25) is 0 Å². The van der Waals surface area contributed by atoms with Crippen molar-refractivity contribution in [1.29, 1.82) is 0 Å². The summed E-state index contributed by atoms with van der Waals surface area (Å²) in [7, 11) is 0. The molecule has 0 N–H and O–H groups in total. The van der Waals surface area contributed by atoms with E-state index in [1.165, 1.54) is 25.7 Å². The summed E-state index contributed by atoms with van der Waals surface area (Å²) in [4.78, 5) is 25.4. The number of rotatable bonds is 14. The summed E-state index contributed by atoms with van der Waals surface area (Å²) < 4.78 is 22.4. The van der Waals surface area contributed by atoms with Crippen molar-refractivity contribution < 1.29 is 28.5 Å². The molecule has 3 rings (SSSR count). The minimum Gasteiger partial charge on any atom is -0.434 e. The van der Waals surface area contributed by atoms with Gasteiger partial charge in [-0.05, 0) is 38.3 Å². The molecule has 0 aromatic heterocycles. The molecule has 0 unspecified atom stereocenters. The molecule has 0 amide bonds. The van der Waals surface area contributed by atoms with Crippen LogP contribution >= 0.6 is 0 Å². The van der Waals surface area contributed by atoms with E-state index in [0.29, 0.717) is 46.3 Å². The molecule has 3 aromatic rings. The first-order valence-electron chi connectivity index (χ1n) is 14.1. The Morgan fingerprint density at radius 2 is 1.13 bits per heavy atom. The lowest BCUT2D eigenvalue weighted by atomic mass is 9.96. The number of unbranched alkanes of at least 4 members (excludes halogenated alkanes) is 8. The molecule has 0 saturated carbocycles. The molecule has 0 radical (unpaired) electrons. The Morgan fingerprint density at radius 1 is 0.632 bits per heavy atom. The van der Waals surface area contributed by atoms with Crippen LogP contribution in [0.5, 0.6) is 11.5 Å². The van der Waals surface area contributed by atoms with Crippen LogP contribution in [0.25, 0.3) is 21.5 Å². The molecule has 0 spiro atoms. The van der Waals surface area contributed by atoms with E-state index >= 15 is 0 Å². The monoisotopic (exact) mass is 522 g/mol. The molecule has 3 aromatic carbocycles. The fraction of sp³-hybridized carbons (Fsp3) is 0.500. The lowest BCUT2D eigenvalue weighted by molar-refractivity contribution is 0.0965. The zero-order valence-corrected chi connectivity index (χ0v) is 23.4. The number of carbonyl (C=O) groups is 2. The van der Waals surface area contributed by atoms with Gasteiger partial charge in [-0.1, -0.05) is 101 Å². The van der Waals surface area contributed by atoms with Gasteiger partial charge in [-0.3, -0.25) is 0 Å². The maximum absolute atomic E-state index is 12.7. The highest BCUT2D eigenvalue weighted by Gasteiger charge is 2.22. The second-order valence-electron chi connectivity index (χ2n) is 9.94. The first-order chi connectivity index (χ1) is 18.5. The van der Waals surface area contributed by atoms with Gasteiger partial charge in [-0.2, -0.15) is 0 Å². The number of fused-ring (bicyclic) bond motifs is 2. The molecular weight excluding hydrogens is 480 g/mol. The number of aryl methyl sites for hydroxylation is 2. The van der Waals surface area contributed by atoms with Gasteiger partial charge >= 0.3 is 12.3 Å². The third-order valence-corrected chi connectivity index (χ3v) is 6.67. The molecule has 0 aliphatic rings. The van der Waals surface area contributed by atoms with Crippen molar-refractivity contribution in [3.05, 3.63) is 47.5 Å². The largest absolute Gasteiger partial charge is 0.513 e. The molecular formula is C32H42O6. The van der Waals surface area contributed by atoms with E-state index in [1.54, 1.807) is 0 Å². The van der Waals surface area contributed by atoms with Gasteiger partial charge in [0.25, 0.3) is 0 Å². The second kappa shape index (κ2) is 15.2. The van der Waals surface area contributed by atoms with Crippen molar-refractivity contribution in [2.45, 2.75) is 91.9 Å². The molecule has 0 atom stereocenters. The van der Waals surface area contributed by atoms with E-state index in [-0.39, 0.29) is 0 Å². The van der Waals surface area contributed by atoms with Crippen LogP contribution in [0, 0.1) is 13.8 Å². The predicted octanol–water partition coefficient (Wildman–Crippen LogP) is 9.58. The van der Waals surface area contributed by atoms with Gasteiger partial charge in [0.05, 0.1) is 13.2 Å². The minimum atomic E-state index is -0.734. The van der Waals surface area contributed by atoms with E-state index in [1.807, 2.05) is 50.2 Å². The van der Waals surface area contributed by atoms with Crippen LogP contribution in [0.3, 0.4) is 0 Å². The summed E-state index contributed by atoms with van der Waals surface area (Å²) in [5.41, 5.74) is 1.90. The lowest BCUT2D eigenvalue weighted by Crippen LogP contribution is -2.14. The zero-order chi connectivity index (χ0) is 27.3. The summed E-state index contributed by atoms with van der Waals surface area (Å²) in [6.45, 7) is 8.91. The van der Waals surface area contributed by atoms with Crippen LogP contribution in [0.1, 0.15) is 89.2 Å². The SMILES string of the molecule is CCCCCCCOC(=O)Oc1c2ccccc2c(OC(=O)OCCCCCCC)c2c(C)cc(C)cc12. The molecule has 0 bridgehead atoms. The fourth-order valence-corrected chi connectivity index (χ4v) is 4.77. The number of benzene rings is 3. The van der Waals surface area contributed by atoms with Gasteiger partial charge in [-0.25, -0.2) is 9.59 Å². The Bertz CT molecular complexity index is 1220. The van der Waals surface area contributed by atoms with E-state index in [2.05, 4.69) is 13.8 Å². The molecule has 206 valence electrons. The normalized spacial score (nSPS) is 11.1. The van der Waals surface area contributed by atoms with Crippen molar-refractivity contribution in [3.8, 4) is 11.5 Å². The van der Waals surface area contributed by atoms with Crippen LogP contribution in [0.4, 0.5) is 9.59 Å². The minimum absolute atomic E-state index is 0.321. The lowest BCUT2D eigenvalue weighted by Gasteiger charge is -2.18. The summed E-state index contributed by atoms with van der Waals surface area (Å²) >= 11 is 0. The van der Waals surface area contributed by atoms with Crippen molar-refractivity contribution in [2.75, 3.05) is 13.2 Å². The highest BCUT2D eigenvalue weighted by atomic mass is 16.7. The van der Waals surface area contributed by atoms with Crippen LogP contribution in [-0.2, 0) is 9.47 Å². The van der Waals surface area contributed by atoms with Crippen LogP contribution in [-0.4, -0.2) is 25.5 Å². The van der Waals surface area contributed by atoms with Gasteiger partial charge < -0.3 is 18.9 Å². The van der Waals surface area contributed by atoms with Crippen molar-refractivity contribution >= 4 is 33.9 Å². The fourth-order valence-electron chi connectivity index (χ4n) is 4.77. The maximum atomic E-state index is 12.7. The van der Waals surface area contributed by atoms with Crippen LogP contribution < -0.4 is 9.47 Å². The van der Waals surface area contributed by atoms with Gasteiger partial charge in [0.2, 0.25) is 0 Å². The molecule has 0 heterocycles. The predicted molar refractivity (Wildman–Crippen MR) is 152 cm³/mol.